The monoisotopic (exact) mass is 638 g/mol. The van der Waals surface area contributed by atoms with E-state index in [0.29, 0.717) is 31.6 Å². The zero-order valence-electron chi connectivity index (χ0n) is 27.1. The van der Waals surface area contributed by atoms with E-state index in [0.717, 1.165) is 67.4 Å². The molecule has 2 aromatic carbocycles. The molecule has 6 rings (SSSR count). The summed E-state index contributed by atoms with van der Waals surface area (Å²) in [6, 6.07) is 20.7. The van der Waals surface area contributed by atoms with Gasteiger partial charge in [-0.05, 0) is 96.0 Å². The Balaban J connectivity index is 1.24. The van der Waals surface area contributed by atoms with Crippen LogP contribution in [-0.2, 0) is 29.0 Å². The number of nitrogens with two attached hydrogens (primary N) is 2. The number of nitrogens with one attached hydrogen (secondary N) is 2. The number of carbonyl (C=O) groups excluding carboxylic acids is 2. The summed E-state index contributed by atoms with van der Waals surface area (Å²) in [6.45, 7) is 4.90. The third kappa shape index (κ3) is 7.29. The fourth-order valence-electron chi connectivity index (χ4n) is 6.06. The summed E-state index contributed by atoms with van der Waals surface area (Å²) >= 11 is 0. The van der Waals surface area contributed by atoms with E-state index in [2.05, 4.69) is 78.0 Å². The van der Waals surface area contributed by atoms with E-state index >= 15 is 0 Å². The molecule has 0 fully saturated rings. The summed E-state index contributed by atoms with van der Waals surface area (Å²) < 4.78 is 0. The maximum atomic E-state index is 11.1. The first-order valence-electron chi connectivity index (χ1n) is 16.0. The van der Waals surface area contributed by atoms with Gasteiger partial charge in [0.15, 0.2) is 5.82 Å². The maximum Gasteiger partial charge on any atom is 0.231 e. The molecule has 0 bridgehead atoms. The normalized spacial score (nSPS) is 11.2. The van der Waals surface area contributed by atoms with Crippen LogP contribution in [0.25, 0.3) is 32.9 Å². The molecule has 0 aliphatic rings. The largest absolute Gasteiger partial charge is 0.370 e. The fraction of sp³-hybridized carbons (Fsp3) is 0.211. The minimum absolute atomic E-state index is 0.119. The predicted octanol–water partition coefficient (Wildman–Crippen LogP) is 5.57. The van der Waals surface area contributed by atoms with Crippen LogP contribution in [-0.4, -0.2) is 38.3 Å². The quantitative estimate of drug-likeness (QED) is 0.128. The van der Waals surface area contributed by atoms with Crippen LogP contribution in [0.3, 0.4) is 0 Å². The molecule has 6 N–H and O–H groups in total. The second kappa shape index (κ2) is 14.4. The lowest BCUT2D eigenvalue weighted by atomic mass is 9.91. The van der Waals surface area contributed by atoms with Crippen LogP contribution < -0.4 is 22.1 Å². The lowest BCUT2D eigenvalue weighted by molar-refractivity contribution is -0.118. The standard InChI is InChI=1S/C38H38N8O2/c1-23-27(18-33-36-28(12-14-42-33)17-26(21-44-36)19-41-22-35(40)48)7-4-8-30(23)31-9-5-10-32(24(31)2)46-38-37-29(13-15-43-38)16-25(20-45-37)6-3-11-34(39)47/h4-5,7-10,12-17,20-21,41H,3,6,11,18-19,22H2,1-2H3,(H2,39,47)(H2,40,48)(H,43,46). The van der Waals surface area contributed by atoms with E-state index in [1.807, 2.05) is 30.7 Å². The van der Waals surface area contributed by atoms with Crippen LogP contribution in [0.15, 0.2) is 85.5 Å². The molecular formula is C38H38N8O2. The molecule has 2 amide bonds. The van der Waals surface area contributed by atoms with E-state index in [-0.39, 0.29) is 12.5 Å². The van der Waals surface area contributed by atoms with Crippen molar-refractivity contribution in [2.75, 3.05) is 11.9 Å². The van der Waals surface area contributed by atoms with Crippen molar-refractivity contribution < 1.29 is 9.59 Å². The number of primary amides is 2. The third-order valence-corrected chi connectivity index (χ3v) is 8.59. The highest BCUT2D eigenvalue weighted by atomic mass is 16.1. The minimum atomic E-state index is -0.393. The van der Waals surface area contributed by atoms with Crippen LogP contribution in [0.2, 0.25) is 0 Å². The van der Waals surface area contributed by atoms with Gasteiger partial charge in [0, 0.05) is 60.6 Å². The first-order chi connectivity index (χ1) is 23.3. The Hall–Kier alpha value is -5.74. The highest BCUT2D eigenvalue weighted by Crippen LogP contribution is 2.35. The Kier molecular flexibility index (Phi) is 9.63. The average Bonchev–Trinajstić information content (AvgIpc) is 3.06. The second-order valence-electron chi connectivity index (χ2n) is 12.0. The maximum absolute atomic E-state index is 11.1. The topological polar surface area (TPSA) is 162 Å². The number of nitrogens with zero attached hydrogens (tertiary/aromatic N) is 4. The number of aromatic nitrogens is 4. The number of amides is 2. The SMILES string of the molecule is Cc1c(Cc2nccc3cc(CNCC(N)=O)cnc23)cccc1-c1cccc(Nc2nccc3cc(CCCC(N)=O)cnc23)c1C. The van der Waals surface area contributed by atoms with Crippen molar-refractivity contribution in [3.05, 3.63) is 119 Å². The highest BCUT2D eigenvalue weighted by Gasteiger charge is 2.15. The lowest BCUT2D eigenvalue weighted by Crippen LogP contribution is -2.28. The molecule has 0 saturated heterocycles. The Bertz CT molecular complexity index is 1990. The van der Waals surface area contributed by atoms with Gasteiger partial charge < -0.3 is 22.1 Å². The molecule has 0 atom stereocenters. The summed E-state index contributed by atoms with van der Waals surface area (Å²) in [6.07, 6.45) is 9.69. The van der Waals surface area contributed by atoms with Gasteiger partial charge in [0.25, 0.3) is 0 Å². The van der Waals surface area contributed by atoms with Crippen LogP contribution in [0.5, 0.6) is 0 Å². The van der Waals surface area contributed by atoms with Gasteiger partial charge in [-0.3, -0.25) is 24.5 Å². The molecule has 242 valence electrons. The zero-order chi connectivity index (χ0) is 33.6. The van der Waals surface area contributed by atoms with Crippen molar-refractivity contribution in [2.24, 2.45) is 11.5 Å². The minimum Gasteiger partial charge on any atom is -0.370 e. The number of hydrogen-bond acceptors (Lipinski definition) is 8. The summed E-state index contributed by atoms with van der Waals surface area (Å²) in [5.41, 5.74) is 21.8. The van der Waals surface area contributed by atoms with Crippen LogP contribution in [0.4, 0.5) is 11.5 Å². The number of hydrogen-bond donors (Lipinski definition) is 4. The van der Waals surface area contributed by atoms with Crippen molar-refractivity contribution in [2.45, 2.75) is 46.1 Å². The summed E-state index contributed by atoms with van der Waals surface area (Å²) in [4.78, 5) is 41.0. The number of rotatable bonds is 13. The summed E-state index contributed by atoms with van der Waals surface area (Å²) in [7, 11) is 0. The highest BCUT2D eigenvalue weighted by molar-refractivity contribution is 5.91. The van der Waals surface area contributed by atoms with Gasteiger partial charge in [-0.15, -0.1) is 0 Å². The van der Waals surface area contributed by atoms with E-state index < -0.39 is 5.91 Å². The van der Waals surface area contributed by atoms with E-state index in [9.17, 15) is 9.59 Å². The number of pyridine rings is 4. The average molecular weight is 639 g/mol. The molecule has 0 unspecified atom stereocenters. The van der Waals surface area contributed by atoms with Crippen molar-refractivity contribution in [3.63, 3.8) is 0 Å². The molecule has 0 saturated carbocycles. The molecule has 10 nitrogen and oxygen atoms in total. The van der Waals surface area contributed by atoms with Gasteiger partial charge >= 0.3 is 0 Å². The summed E-state index contributed by atoms with van der Waals surface area (Å²) in [5, 5.41) is 8.55. The molecule has 48 heavy (non-hydrogen) atoms. The van der Waals surface area contributed by atoms with Gasteiger partial charge in [-0.1, -0.05) is 30.3 Å². The molecule has 0 radical (unpaired) electrons. The molecule has 0 aliphatic heterocycles. The van der Waals surface area contributed by atoms with Crippen molar-refractivity contribution in [3.8, 4) is 11.1 Å². The molecule has 0 aliphatic carbocycles. The van der Waals surface area contributed by atoms with Crippen molar-refractivity contribution in [1.82, 2.24) is 25.3 Å². The number of aryl methyl sites for hydroxylation is 1. The lowest BCUT2D eigenvalue weighted by Gasteiger charge is -2.17. The van der Waals surface area contributed by atoms with Crippen LogP contribution in [0.1, 0.15) is 46.4 Å². The second-order valence-corrected chi connectivity index (χ2v) is 12.0. The number of anilines is 2. The van der Waals surface area contributed by atoms with Gasteiger partial charge in [0.2, 0.25) is 11.8 Å². The fourth-order valence-corrected chi connectivity index (χ4v) is 6.06. The van der Waals surface area contributed by atoms with Gasteiger partial charge in [0.05, 0.1) is 17.8 Å². The predicted molar refractivity (Wildman–Crippen MR) is 190 cm³/mol. The number of carbonyl (C=O) groups is 2. The van der Waals surface area contributed by atoms with Gasteiger partial charge in [-0.2, -0.15) is 0 Å². The summed E-state index contributed by atoms with van der Waals surface area (Å²) in [5.74, 6) is 0.000227. The van der Waals surface area contributed by atoms with Crippen molar-refractivity contribution in [1.29, 1.82) is 0 Å². The smallest absolute Gasteiger partial charge is 0.231 e. The Morgan fingerprint density at radius 3 is 2.23 bits per heavy atom. The number of fused-ring (bicyclic) bond motifs is 2. The third-order valence-electron chi connectivity index (χ3n) is 8.59. The van der Waals surface area contributed by atoms with E-state index in [4.69, 9.17) is 26.4 Å². The Labute approximate surface area is 279 Å². The van der Waals surface area contributed by atoms with Gasteiger partial charge in [0.1, 0.15) is 5.52 Å². The van der Waals surface area contributed by atoms with Gasteiger partial charge in [-0.25, -0.2) is 4.98 Å². The number of benzene rings is 2. The van der Waals surface area contributed by atoms with Crippen LogP contribution in [0, 0.1) is 13.8 Å². The first-order valence-corrected chi connectivity index (χ1v) is 16.0. The van der Waals surface area contributed by atoms with Crippen molar-refractivity contribution >= 4 is 45.1 Å². The molecule has 4 heterocycles. The molecule has 6 aromatic rings. The molecule has 10 heteroatoms. The zero-order valence-corrected chi connectivity index (χ0v) is 27.1. The molecular weight excluding hydrogens is 600 g/mol. The Morgan fingerprint density at radius 1 is 0.750 bits per heavy atom. The van der Waals surface area contributed by atoms with Crippen LogP contribution >= 0.6 is 0 Å². The first kappa shape index (κ1) is 32.2. The molecule has 0 spiro atoms. The van der Waals surface area contributed by atoms with E-state index in [1.54, 1.807) is 6.20 Å². The molecule has 4 aromatic heterocycles. The Morgan fingerprint density at radius 2 is 1.44 bits per heavy atom. The van der Waals surface area contributed by atoms with E-state index in [1.165, 1.54) is 11.1 Å².